The number of pyridine rings is 1. The number of nitrogens with zero attached hydrogens (tertiary/aromatic N) is 2. The Balaban J connectivity index is 0.000001000. The number of rotatable bonds is 1. The lowest BCUT2D eigenvalue weighted by molar-refractivity contribution is 0.0787. The molecule has 2 N–H and O–H groups in total. The molecule has 6 heteroatoms. The van der Waals surface area contributed by atoms with E-state index in [4.69, 9.17) is 5.73 Å². The van der Waals surface area contributed by atoms with Crippen LogP contribution in [0.2, 0.25) is 0 Å². The van der Waals surface area contributed by atoms with Gasteiger partial charge in [0.2, 0.25) is 0 Å². The van der Waals surface area contributed by atoms with Gasteiger partial charge in [-0.05, 0) is 17.9 Å². The minimum absolute atomic E-state index is 0. The number of aromatic nitrogens is 1. The fraction of sp³-hybridized carbons (Fsp3) is 0.286. The molecule has 1 aliphatic rings. The van der Waals surface area contributed by atoms with E-state index >= 15 is 0 Å². The number of hydrogen-bond acceptors (Lipinski definition) is 3. The number of fused-ring (bicyclic) bond motifs is 1. The van der Waals surface area contributed by atoms with Crippen molar-refractivity contribution in [3.8, 4) is 0 Å². The van der Waals surface area contributed by atoms with Crippen molar-refractivity contribution in [2.24, 2.45) is 5.73 Å². The van der Waals surface area contributed by atoms with E-state index in [-0.39, 0.29) is 36.8 Å². The summed E-state index contributed by atoms with van der Waals surface area (Å²) in [6.07, 6.45) is 2.56. The van der Waals surface area contributed by atoms with E-state index in [0.717, 1.165) is 23.7 Å². The van der Waals surface area contributed by atoms with Crippen LogP contribution in [-0.4, -0.2) is 34.9 Å². The maximum atomic E-state index is 12.4. The van der Waals surface area contributed by atoms with E-state index in [0.29, 0.717) is 12.2 Å². The maximum absolute atomic E-state index is 12.4. The van der Waals surface area contributed by atoms with Crippen molar-refractivity contribution in [2.45, 2.75) is 12.5 Å². The van der Waals surface area contributed by atoms with Crippen LogP contribution >= 0.6 is 24.8 Å². The Labute approximate surface area is 130 Å². The van der Waals surface area contributed by atoms with Crippen molar-refractivity contribution < 1.29 is 4.79 Å². The summed E-state index contributed by atoms with van der Waals surface area (Å²) < 4.78 is 0. The van der Waals surface area contributed by atoms with Gasteiger partial charge in [-0.25, -0.2) is 0 Å². The lowest BCUT2D eigenvalue weighted by atomic mass is 10.1. The van der Waals surface area contributed by atoms with Gasteiger partial charge in [-0.3, -0.25) is 9.78 Å². The van der Waals surface area contributed by atoms with Gasteiger partial charge in [0.05, 0.1) is 0 Å². The molecular weight excluding hydrogens is 297 g/mol. The molecule has 0 aliphatic carbocycles. The largest absolute Gasteiger partial charge is 0.336 e. The van der Waals surface area contributed by atoms with Crippen molar-refractivity contribution in [1.29, 1.82) is 0 Å². The van der Waals surface area contributed by atoms with Gasteiger partial charge < -0.3 is 10.6 Å². The zero-order valence-corrected chi connectivity index (χ0v) is 12.5. The second-order valence-corrected chi connectivity index (χ2v) is 4.68. The first kappa shape index (κ1) is 16.7. The third kappa shape index (κ3) is 3.03. The molecule has 0 radical (unpaired) electrons. The van der Waals surface area contributed by atoms with Gasteiger partial charge in [0.25, 0.3) is 5.91 Å². The summed E-state index contributed by atoms with van der Waals surface area (Å²) >= 11 is 0. The second-order valence-electron chi connectivity index (χ2n) is 4.68. The Morgan fingerprint density at radius 3 is 2.70 bits per heavy atom. The number of carbonyl (C=O) groups is 1. The Morgan fingerprint density at radius 1 is 1.25 bits per heavy atom. The average Bonchev–Trinajstić information content (AvgIpc) is 2.84. The van der Waals surface area contributed by atoms with E-state index < -0.39 is 0 Å². The molecule has 0 saturated carbocycles. The van der Waals surface area contributed by atoms with Crippen LogP contribution < -0.4 is 5.73 Å². The van der Waals surface area contributed by atoms with Crippen LogP contribution in [-0.2, 0) is 0 Å². The molecule has 20 heavy (non-hydrogen) atoms. The highest BCUT2D eigenvalue weighted by molar-refractivity contribution is 6.05. The van der Waals surface area contributed by atoms with E-state index in [2.05, 4.69) is 4.98 Å². The zero-order valence-electron chi connectivity index (χ0n) is 10.9. The van der Waals surface area contributed by atoms with Gasteiger partial charge >= 0.3 is 0 Å². The zero-order chi connectivity index (χ0) is 12.5. The monoisotopic (exact) mass is 313 g/mol. The predicted octanol–water partition coefficient (Wildman–Crippen LogP) is 2.25. The molecule has 2 heterocycles. The van der Waals surface area contributed by atoms with Crippen LogP contribution in [0.15, 0.2) is 36.5 Å². The van der Waals surface area contributed by atoms with Gasteiger partial charge in [-0.1, -0.05) is 24.3 Å². The smallest absolute Gasteiger partial charge is 0.273 e. The molecule has 1 aromatic carbocycles. The summed E-state index contributed by atoms with van der Waals surface area (Å²) in [7, 11) is 0. The molecule has 1 atom stereocenters. The van der Waals surface area contributed by atoms with Gasteiger partial charge in [0.15, 0.2) is 0 Å². The first-order chi connectivity index (χ1) is 8.75. The summed E-state index contributed by atoms with van der Waals surface area (Å²) in [4.78, 5) is 18.4. The van der Waals surface area contributed by atoms with Gasteiger partial charge in [-0.15, -0.1) is 24.8 Å². The van der Waals surface area contributed by atoms with E-state index in [1.165, 1.54) is 0 Å². The normalized spacial score (nSPS) is 17.4. The van der Waals surface area contributed by atoms with Crippen LogP contribution in [0.25, 0.3) is 10.8 Å². The lowest BCUT2D eigenvalue weighted by Gasteiger charge is -2.16. The first-order valence-corrected chi connectivity index (χ1v) is 6.14. The quantitative estimate of drug-likeness (QED) is 0.878. The van der Waals surface area contributed by atoms with Crippen LogP contribution in [0.5, 0.6) is 0 Å². The molecule has 1 aromatic heterocycles. The highest BCUT2D eigenvalue weighted by Gasteiger charge is 2.26. The molecule has 1 amide bonds. The van der Waals surface area contributed by atoms with Gasteiger partial charge in [-0.2, -0.15) is 0 Å². The molecular formula is C14H17Cl2N3O. The topological polar surface area (TPSA) is 59.2 Å². The number of likely N-dealkylation sites (tertiary alicyclic amines) is 1. The molecule has 0 spiro atoms. The van der Waals surface area contributed by atoms with Crippen LogP contribution in [0.1, 0.15) is 16.9 Å². The molecule has 3 rings (SSSR count). The van der Waals surface area contributed by atoms with Crippen LogP contribution in [0.4, 0.5) is 0 Å². The summed E-state index contributed by atoms with van der Waals surface area (Å²) in [6, 6.07) is 9.83. The minimum Gasteiger partial charge on any atom is -0.336 e. The average molecular weight is 314 g/mol. The molecule has 1 aliphatic heterocycles. The number of nitrogens with two attached hydrogens (primary N) is 1. The Hall–Kier alpha value is -1.36. The summed E-state index contributed by atoms with van der Waals surface area (Å²) in [5.41, 5.74) is 6.37. The number of benzene rings is 1. The third-order valence-corrected chi connectivity index (χ3v) is 3.39. The highest BCUT2D eigenvalue weighted by atomic mass is 35.5. The van der Waals surface area contributed by atoms with Crippen LogP contribution in [0.3, 0.4) is 0 Å². The Bertz CT molecular complexity index is 600. The van der Waals surface area contributed by atoms with E-state index in [1.54, 1.807) is 11.1 Å². The van der Waals surface area contributed by atoms with Gasteiger partial charge in [0.1, 0.15) is 5.69 Å². The van der Waals surface area contributed by atoms with Crippen LogP contribution in [0, 0.1) is 0 Å². The lowest BCUT2D eigenvalue weighted by Crippen LogP contribution is -2.32. The minimum atomic E-state index is -0.0141. The van der Waals surface area contributed by atoms with Gasteiger partial charge in [0, 0.05) is 30.7 Å². The first-order valence-electron chi connectivity index (χ1n) is 6.14. The fourth-order valence-electron chi connectivity index (χ4n) is 2.41. The molecule has 0 bridgehead atoms. The standard InChI is InChI=1S/C14H15N3O.2ClH/c15-11-6-8-17(9-11)14(18)13-12-4-2-1-3-10(12)5-7-16-13;;/h1-5,7,11H,6,8-9,15H2;2*1H. The Morgan fingerprint density at radius 2 is 2.00 bits per heavy atom. The van der Waals surface area contributed by atoms with E-state index in [1.807, 2.05) is 30.3 Å². The Kier molecular flexibility index (Phi) is 5.74. The molecule has 4 nitrogen and oxygen atoms in total. The van der Waals surface area contributed by atoms with Crippen molar-refractivity contribution >= 4 is 41.5 Å². The summed E-state index contributed by atoms with van der Waals surface area (Å²) in [5, 5.41) is 1.95. The van der Waals surface area contributed by atoms with Crippen molar-refractivity contribution in [1.82, 2.24) is 9.88 Å². The SMILES string of the molecule is Cl.Cl.NC1CCN(C(=O)c2nccc3ccccc23)C1. The molecule has 1 unspecified atom stereocenters. The van der Waals surface area contributed by atoms with Crippen molar-refractivity contribution in [3.63, 3.8) is 0 Å². The number of amides is 1. The highest BCUT2D eigenvalue weighted by Crippen LogP contribution is 2.19. The molecule has 2 aromatic rings. The maximum Gasteiger partial charge on any atom is 0.273 e. The molecule has 108 valence electrons. The summed E-state index contributed by atoms with van der Waals surface area (Å²) in [5.74, 6) is -0.0141. The second kappa shape index (κ2) is 6.88. The van der Waals surface area contributed by atoms with Crippen molar-refractivity contribution in [2.75, 3.05) is 13.1 Å². The molecule has 1 saturated heterocycles. The number of halogens is 2. The molecule has 1 fully saturated rings. The van der Waals surface area contributed by atoms with Crippen molar-refractivity contribution in [3.05, 3.63) is 42.2 Å². The fourth-order valence-corrected chi connectivity index (χ4v) is 2.41. The number of carbonyl (C=O) groups excluding carboxylic acids is 1. The predicted molar refractivity (Wildman–Crippen MR) is 84.7 cm³/mol. The summed E-state index contributed by atoms with van der Waals surface area (Å²) in [6.45, 7) is 1.36. The third-order valence-electron chi connectivity index (χ3n) is 3.39. The number of hydrogen-bond donors (Lipinski definition) is 1. The van der Waals surface area contributed by atoms with E-state index in [9.17, 15) is 4.79 Å².